The van der Waals surface area contributed by atoms with Crippen LogP contribution in [0.1, 0.15) is 18.4 Å². The Morgan fingerprint density at radius 1 is 1.41 bits per heavy atom. The highest BCUT2D eigenvalue weighted by atomic mass is 79.9. The van der Waals surface area contributed by atoms with Crippen LogP contribution in [0, 0.1) is 12.3 Å². The molecule has 0 atom stereocenters. The lowest BCUT2D eigenvalue weighted by Gasteiger charge is -2.13. The van der Waals surface area contributed by atoms with Crippen LogP contribution in [0.15, 0.2) is 22.7 Å². The summed E-state index contributed by atoms with van der Waals surface area (Å²) in [4.78, 5) is 22.9. The molecule has 1 amide bonds. The van der Waals surface area contributed by atoms with Crippen LogP contribution < -0.4 is 5.32 Å². The van der Waals surface area contributed by atoms with Gasteiger partial charge in [0.1, 0.15) is 5.41 Å². The van der Waals surface area contributed by atoms with Gasteiger partial charge in [-0.25, -0.2) is 0 Å². The summed E-state index contributed by atoms with van der Waals surface area (Å²) in [6.07, 6.45) is 0.829. The number of aryl methyl sites for hydroxylation is 1. The third kappa shape index (κ3) is 2.07. The zero-order valence-corrected chi connectivity index (χ0v) is 10.9. The Morgan fingerprint density at radius 3 is 2.59 bits per heavy atom. The summed E-state index contributed by atoms with van der Waals surface area (Å²) in [6.45, 7) is 1.91. The van der Waals surface area contributed by atoms with Crippen molar-refractivity contribution >= 4 is 33.5 Å². The number of halogens is 1. The SMILES string of the molecule is Cc1cccc(NC(=O)C2(C(=O)O)CC2)c1Br. The van der Waals surface area contributed by atoms with Crippen LogP contribution in [0.4, 0.5) is 5.69 Å². The first kappa shape index (κ1) is 12.1. The lowest BCUT2D eigenvalue weighted by Crippen LogP contribution is -2.31. The van der Waals surface area contributed by atoms with Crippen molar-refractivity contribution in [1.29, 1.82) is 0 Å². The number of carboxylic acid groups (broad SMARTS) is 1. The fraction of sp³-hybridized carbons (Fsp3) is 0.333. The van der Waals surface area contributed by atoms with E-state index in [0.29, 0.717) is 18.5 Å². The molecule has 0 unspecified atom stereocenters. The van der Waals surface area contributed by atoms with Crippen molar-refractivity contribution < 1.29 is 14.7 Å². The standard InChI is InChI=1S/C12H12BrNO3/c1-7-3-2-4-8(9(7)13)14-10(15)12(5-6-12)11(16)17/h2-4H,5-6H2,1H3,(H,14,15)(H,16,17). The Hall–Kier alpha value is -1.36. The van der Waals surface area contributed by atoms with Crippen LogP contribution in [-0.4, -0.2) is 17.0 Å². The van der Waals surface area contributed by atoms with E-state index in [1.165, 1.54) is 0 Å². The lowest BCUT2D eigenvalue weighted by molar-refractivity contribution is -0.147. The first-order chi connectivity index (χ1) is 7.97. The highest BCUT2D eigenvalue weighted by Gasteiger charge is 2.57. The van der Waals surface area contributed by atoms with Gasteiger partial charge in [-0.3, -0.25) is 9.59 Å². The summed E-state index contributed by atoms with van der Waals surface area (Å²) < 4.78 is 0.787. The monoisotopic (exact) mass is 297 g/mol. The summed E-state index contributed by atoms with van der Waals surface area (Å²) >= 11 is 3.37. The van der Waals surface area contributed by atoms with E-state index in [1.807, 2.05) is 19.1 Å². The fourth-order valence-corrected chi connectivity index (χ4v) is 2.01. The second-order valence-corrected chi connectivity index (χ2v) is 5.07. The molecule has 90 valence electrons. The number of amides is 1. The van der Waals surface area contributed by atoms with Gasteiger partial charge < -0.3 is 10.4 Å². The van der Waals surface area contributed by atoms with Gasteiger partial charge in [0.05, 0.1) is 5.69 Å². The Kier molecular flexibility index (Phi) is 2.95. The molecule has 1 saturated carbocycles. The number of carbonyl (C=O) groups is 2. The number of benzene rings is 1. The smallest absolute Gasteiger partial charge is 0.319 e. The van der Waals surface area contributed by atoms with Crippen molar-refractivity contribution in [3.05, 3.63) is 28.2 Å². The minimum absolute atomic E-state index is 0.414. The van der Waals surface area contributed by atoms with Gasteiger partial charge in [0, 0.05) is 4.47 Å². The van der Waals surface area contributed by atoms with E-state index in [1.54, 1.807) is 6.07 Å². The topological polar surface area (TPSA) is 66.4 Å². The lowest BCUT2D eigenvalue weighted by atomic mass is 10.1. The number of anilines is 1. The fourth-order valence-electron chi connectivity index (χ4n) is 1.65. The van der Waals surface area contributed by atoms with Crippen LogP contribution in [0.2, 0.25) is 0 Å². The molecule has 1 aliphatic rings. The number of aliphatic carboxylic acids is 1. The molecule has 1 fully saturated rings. The van der Waals surface area contributed by atoms with E-state index >= 15 is 0 Å². The van der Waals surface area contributed by atoms with Crippen LogP contribution in [0.25, 0.3) is 0 Å². The van der Waals surface area contributed by atoms with Crippen molar-refractivity contribution in [2.24, 2.45) is 5.41 Å². The summed E-state index contributed by atoms with van der Waals surface area (Å²) in [5.41, 5.74) is 0.397. The van der Waals surface area contributed by atoms with Gasteiger partial charge in [0.2, 0.25) is 5.91 Å². The molecule has 1 aromatic carbocycles. The van der Waals surface area contributed by atoms with Gasteiger partial charge in [0.15, 0.2) is 0 Å². The Balaban J connectivity index is 2.20. The Morgan fingerprint density at radius 2 is 2.06 bits per heavy atom. The zero-order valence-electron chi connectivity index (χ0n) is 9.29. The number of carbonyl (C=O) groups excluding carboxylic acids is 1. The third-order valence-electron chi connectivity index (χ3n) is 3.03. The summed E-state index contributed by atoms with van der Waals surface area (Å²) in [6, 6.07) is 5.47. The molecule has 0 aliphatic heterocycles. The molecule has 5 heteroatoms. The van der Waals surface area contributed by atoms with Crippen molar-refractivity contribution in [1.82, 2.24) is 0 Å². The Bertz CT molecular complexity index is 495. The minimum atomic E-state index is -1.21. The maximum atomic E-state index is 11.9. The van der Waals surface area contributed by atoms with E-state index in [9.17, 15) is 9.59 Å². The maximum Gasteiger partial charge on any atom is 0.319 e. The second kappa shape index (κ2) is 4.14. The molecule has 2 N–H and O–H groups in total. The van der Waals surface area contributed by atoms with Gasteiger partial charge >= 0.3 is 5.97 Å². The number of nitrogens with one attached hydrogen (secondary N) is 1. The third-order valence-corrected chi connectivity index (χ3v) is 4.09. The first-order valence-corrected chi connectivity index (χ1v) is 6.06. The molecule has 0 spiro atoms. The van der Waals surface area contributed by atoms with Gasteiger partial charge in [-0.15, -0.1) is 0 Å². The van der Waals surface area contributed by atoms with Crippen molar-refractivity contribution in [3.8, 4) is 0 Å². The summed E-state index contributed by atoms with van der Waals surface area (Å²) in [5, 5.41) is 11.7. The molecule has 1 aromatic rings. The second-order valence-electron chi connectivity index (χ2n) is 4.28. The zero-order chi connectivity index (χ0) is 12.6. The van der Waals surface area contributed by atoms with Crippen LogP contribution in [0.5, 0.6) is 0 Å². The van der Waals surface area contributed by atoms with E-state index in [0.717, 1.165) is 10.0 Å². The van der Waals surface area contributed by atoms with E-state index in [4.69, 9.17) is 5.11 Å². The van der Waals surface area contributed by atoms with Gasteiger partial charge in [0.25, 0.3) is 0 Å². The largest absolute Gasteiger partial charge is 0.480 e. The molecule has 17 heavy (non-hydrogen) atoms. The first-order valence-electron chi connectivity index (χ1n) is 5.27. The molecule has 0 aromatic heterocycles. The average Bonchev–Trinajstić information content (AvgIpc) is 3.05. The predicted molar refractivity (Wildman–Crippen MR) is 66.8 cm³/mol. The van der Waals surface area contributed by atoms with Gasteiger partial charge in [-0.1, -0.05) is 12.1 Å². The number of hydrogen-bond donors (Lipinski definition) is 2. The molecule has 0 bridgehead atoms. The normalized spacial score (nSPS) is 16.4. The molecule has 1 aliphatic carbocycles. The highest BCUT2D eigenvalue weighted by Crippen LogP contribution is 2.47. The van der Waals surface area contributed by atoms with Gasteiger partial charge in [-0.2, -0.15) is 0 Å². The number of hydrogen-bond acceptors (Lipinski definition) is 2. The maximum absolute atomic E-state index is 11.9. The number of rotatable bonds is 3. The quantitative estimate of drug-likeness (QED) is 0.843. The highest BCUT2D eigenvalue weighted by molar-refractivity contribution is 9.10. The van der Waals surface area contributed by atoms with Crippen molar-refractivity contribution in [2.75, 3.05) is 5.32 Å². The predicted octanol–water partition coefficient (Wildman–Crippen LogP) is 2.56. The molecule has 0 saturated heterocycles. The molecule has 0 radical (unpaired) electrons. The van der Waals surface area contributed by atoms with Crippen molar-refractivity contribution in [3.63, 3.8) is 0 Å². The van der Waals surface area contributed by atoms with Crippen molar-refractivity contribution in [2.45, 2.75) is 19.8 Å². The van der Waals surface area contributed by atoms with Gasteiger partial charge in [-0.05, 0) is 47.3 Å². The molecule has 0 heterocycles. The molecule has 4 nitrogen and oxygen atoms in total. The molecular formula is C12H12BrNO3. The summed E-state index contributed by atoms with van der Waals surface area (Å²) in [5.74, 6) is -1.48. The molecule has 2 rings (SSSR count). The number of carboxylic acids is 1. The Labute approximate surface area is 107 Å². The average molecular weight is 298 g/mol. The van der Waals surface area contributed by atoms with E-state index < -0.39 is 17.3 Å². The minimum Gasteiger partial charge on any atom is -0.480 e. The van der Waals surface area contributed by atoms with E-state index in [2.05, 4.69) is 21.2 Å². The summed E-state index contributed by atoms with van der Waals surface area (Å²) in [7, 11) is 0. The van der Waals surface area contributed by atoms with Crippen LogP contribution in [-0.2, 0) is 9.59 Å². The molecular weight excluding hydrogens is 286 g/mol. The van der Waals surface area contributed by atoms with Crippen LogP contribution in [0.3, 0.4) is 0 Å². The van der Waals surface area contributed by atoms with E-state index in [-0.39, 0.29) is 0 Å². The van der Waals surface area contributed by atoms with Crippen LogP contribution >= 0.6 is 15.9 Å².